The minimum absolute atomic E-state index is 0.00718. The summed E-state index contributed by atoms with van der Waals surface area (Å²) < 4.78 is 0. The fourth-order valence-corrected chi connectivity index (χ4v) is 0.519. The van der Waals surface area contributed by atoms with Crippen molar-refractivity contribution in [3.63, 3.8) is 0 Å². The number of carbonyl (C=O) groups excluding carboxylic acids is 2. The van der Waals surface area contributed by atoms with Crippen molar-refractivity contribution in [1.29, 1.82) is 11.1 Å². The molecular formula is C6H8N4O2+2. The van der Waals surface area contributed by atoms with Crippen LogP contribution in [-0.4, -0.2) is 33.6 Å². The van der Waals surface area contributed by atoms with Crippen LogP contribution in [0.4, 0.5) is 0 Å². The zero-order valence-electron chi connectivity index (χ0n) is 6.28. The number of ketones is 2. The molecule has 0 aliphatic heterocycles. The van der Waals surface area contributed by atoms with Crippen molar-refractivity contribution in [1.82, 2.24) is 0 Å². The van der Waals surface area contributed by atoms with Gasteiger partial charge in [-0.25, -0.2) is 0 Å². The molecule has 0 radical (unpaired) electrons. The fraction of sp³-hybridized carbons (Fsp3) is 0.333. The Balaban J connectivity index is 3.83. The summed E-state index contributed by atoms with van der Waals surface area (Å²) in [5, 5.41) is 0. The number of hydrogen-bond acceptors (Lipinski definition) is 4. The van der Waals surface area contributed by atoms with E-state index in [0.29, 0.717) is 0 Å². The van der Waals surface area contributed by atoms with Crippen molar-refractivity contribution in [2.24, 2.45) is 0 Å². The molecule has 0 aliphatic rings. The Labute approximate surface area is 68.1 Å². The van der Waals surface area contributed by atoms with Crippen LogP contribution in [-0.2, 0) is 9.59 Å². The zero-order chi connectivity index (χ0) is 9.40. The summed E-state index contributed by atoms with van der Waals surface area (Å²) in [5.74, 6) is -0.756. The van der Waals surface area contributed by atoms with Gasteiger partial charge in [0.1, 0.15) is 0 Å². The second-order valence-corrected chi connectivity index (χ2v) is 1.95. The predicted molar refractivity (Wildman–Crippen MR) is 37.3 cm³/mol. The lowest BCUT2D eigenvalue weighted by molar-refractivity contribution is -0.134. The molecule has 0 spiro atoms. The molecule has 0 amide bonds. The molecule has 2 N–H and O–H groups in total. The quantitative estimate of drug-likeness (QED) is 0.328. The molecule has 0 aromatic carbocycles. The first-order chi connectivity index (χ1) is 5.70. The number of rotatable bonds is 5. The van der Waals surface area contributed by atoms with Gasteiger partial charge in [0.2, 0.25) is 11.6 Å². The highest BCUT2D eigenvalue weighted by Crippen LogP contribution is 1.88. The highest BCUT2D eigenvalue weighted by molar-refractivity contribution is 6.29. The Morgan fingerprint density at radius 1 is 1.00 bits per heavy atom. The summed E-state index contributed by atoms with van der Waals surface area (Å²) in [5.41, 5.74) is 12.6. The highest BCUT2D eigenvalue weighted by Gasteiger charge is 2.09. The molecule has 0 saturated heterocycles. The Kier molecular flexibility index (Phi) is 4.93. The van der Waals surface area contributed by atoms with Gasteiger partial charge in [0, 0.05) is 12.8 Å². The first-order valence-electron chi connectivity index (χ1n) is 3.16. The van der Waals surface area contributed by atoms with E-state index in [4.69, 9.17) is 11.1 Å². The molecule has 0 unspecified atom stereocenters. The molecule has 6 nitrogen and oxygen atoms in total. The number of hydrogen-bond donors (Lipinski definition) is 2. The van der Waals surface area contributed by atoms with Crippen molar-refractivity contribution in [2.45, 2.75) is 12.8 Å². The molecular weight excluding hydrogens is 160 g/mol. The van der Waals surface area contributed by atoms with Crippen LogP contribution in [0.1, 0.15) is 12.8 Å². The maximum absolute atomic E-state index is 10.6. The van der Waals surface area contributed by atoms with E-state index in [1.807, 2.05) is 0 Å². The summed E-state index contributed by atoms with van der Waals surface area (Å²) in [6, 6.07) is 0. The fourth-order valence-electron chi connectivity index (χ4n) is 0.519. The minimum Gasteiger partial charge on any atom is -0.287 e. The van der Waals surface area contributed by atoms with E-state index in [2.05, 4.69) is 9.58 Å². The molecule has 0 bridgehead atoms. The van der Waals surface area contributed by atoms with Gasteiger partial charge >= 0.3 is 12.4 Å². The summed E-state index contributed by atoms with van der Waals surface area (Å²) in [6.07, 6.45) is 1.69. The molecule has 0 aromatic heterocycles. The normalized spacial score (nSPS) is 7.67. The Bertz CT molecular complexity index is 254. The van der Waals surface area contributed by atoms with Gasteiger partial charge in [-0.15, -0.1) is 0 Å². The smallest absolute Gasteiger partial charge is 0.287 e. The van der Waals surface area contributed by atoms with Crippen LogP contribution in [0.3, 0.4) is 0 Å². The number of Topliss-reactive ketones (excluding diaryl/α,β-unsaturated/α-hetero) is 2. The van der Waals surface area contributed by atoms with Gasteiger partial charge in [-0.05, 0) is 0 Å². The average Bonchev–Trinajstić information content (AvgIpc) is 2.02. The Morgan fingerprint density at radius 2 is 1.33 bits per heavy atom. The molecule has 6 heteroatoms. The number of nitrogens with zero attached hydrogens (tertiary/aromatic N) is 2. The second kappa shape index (κ2) is 5.85. The van der Waals surface area contributed by atoms with E-state index < -0.39 is 0 Å². The van der Waals surface area contributed by atoms with Crippen molar-refractivity contribution < 1.29 is 19.2 Å². The molecule has 0 saturated carbocycles. The molecule has 0 rings (SSSR count). The van der Waals surface area contributed by atoms with E-state index in [9.17, 15) is 9.59 Å². The second-order valence-electron chi connectivity index (χ2n) is 1.95. The SMILES string of the molecule is N=[N+]=CC(=O)CCC(=O)C=[N+]=N. The first kappa shape index (κ1) is 10.1. The van der Waals surface area contributed by atoms with Crippen molar-refractivity contribution in [2.75, 3.05) is 0 Å². The molecule has 0 fully saturated rings. The first-order valence-corrected chi connectivity index (χ1v) is 3.16. The molecule has 0 heterocycles. The lowest BCUT2D eigenvalue weighted by atomic mass is 10.2. The van der Waals surface area contributed by atoms with Crippen molar-refractivity contribution in [3.05, 3.63) is 0 Å². The third-order valence-corrected chi connectivity index (χ3v) is 1.03. The van der Waals surface area contributed by atoms with E-state index in [-0.39, 0.29) is 24.4 Å². The van der Waals surface area contributed by atoms with E-state index in [1.54, 1.807) is 0 Å². The summed E-state index contributed by atoms with van der Waals surface area (Å²) in [6.45, 7) is 0. The van der Waals surface area contributed by atoms with Gasteiger partial charge in [0.05, 0.1) is 20.6 Å². The molecule has 0 aliphatic carbocycles. The standard InChI is InChI=1S/C6H8N4O2/c7-9-3-5(11)1-2-6(12)4-10-8/h3-4,7-8H,1-2H2/q+2. The lowest BCUT2D eigenvalue weighted by Gasteiger charge is -1.81. The molecule has 0 atom stereocenters. The lowest BCUT2D eigenvalue weighted by Crippen LogP contribution is -2.06. The van der Waals surface area contributed by atoms with Gasteiger partial charge in [-0.2, -0.15) is 0 Å². The summed E-state index contributed by atoms with van der Waals surface area (Å²) in [7, 11) is 0. The Hall–Kier alpha value is -1.90. The van der Waals surface area contributed by atoms with E-state index >= 15 is 0 Å². The topological polar surface area (TPSA) is 110 Å². The van der Waals surface area contributed by atoms with Gasteiger partial charge in [0.25, 0.3) is 0 Å². The van der Waals surface area contributed by atoms with Crippen molar-refractivity contribution >= 4 is 24.0 Å². The largest absolute Gasteiger partial charge is 0.372 e. The van der Waals surface area contributed by atoms with Crippen LogP contribution in [0.2, 0.25) is 0 Å². The van der Waals surface area contributed by atoms with Crippen LogP contribution in [0.25, 0.3) is 0 Å². The molecule has 62 valence electrons. The third-order valence-electron chi connectivity index (χ3n) is 1.03. The van der Waals surface area contributed by atoms with E-state index in [1.165, 1.54) is 0 Å². The molecule has 0 aromatic rings. The van der Waals surface area contributed by atoms with Crippen LogP contribution >= 0.6 is 0 Å². The monoisotopic (exact) mass is 168 g/mol. The van der Waals surface area contributed by atoms with Gasteiger partial charge in [-0.1, -0.05) is 0 Å². The van der Waals surface area contributed by atoms with E-state index in [0.717, 1.165) is 12.4 Å². The Morgan fingerprint density at radius 3 is 1.58 bits per heavy atom. The summed E-state index contributed by atoms with van der Waals surface area (Å²) in [4.78, 5) is 26.8. The summed E-state index contributed by atoms with van der Waals surface area (Å²) >= 11 is 0. The van der Waals surface area contributed by atoms with Gasteiger partial charge in [-0.3, -0.25) is 9.59 Å². The van der Waals surface area contributed by atoms with Crippen LogP contribution in [0.15, 0.2) is 0 Å². The van der Waals surface area contributed by atoms with Crippen LogP contribution < -0.4 is 0 Å². The van der Waals surface area contributed by atoms with Crippen molar-refractivity contribution in [3.8, 4) is 0 Å². The van der Waals surface area contributed by atoms with Gasteiger partial charge < -0.3 is 0 Å². The average molecular weight is 168 g/mol. The van der Waals surface area contributed by atoms with Crippen LogP contribution in [0, 0.1) is 11.1 Å². The maximum atomic E-state index is 10.6. The zero-order valence-corrected chi connectivity index (χ0v) is 6.28. The number of nitrogens with one attached hydrogen (secondary N) is 2. The minimum atomic E-state index is -0.378. The maximum Gasteiger partial charge on any atom is 0.372 e. The third kappa shape index (κ3) is 4.93. The highest BCUT2D eigenvalue weighted by atomic mass is 16.1. The predicted octanol–water partition coefficient (Wildman–Crippen LogP) is -0.475. The number of carbonyl (C=O) groups is 2. The van der Waals surface area contributed by atoms with Gasteiger partial charge in [0.15, 0.2) is 0 Å². The molecule has 12 heavy (non-hydrogen) atoms. The van der Waals surface area contributed by atoms with Crippen LogP contribution in [0.5, 0.6) is 0 Å².